The molecule has 0 aliphatic carbocycles. The van der Waals surface area contributed by atoms with Crippen LogP contribution < -0.4 is 0 Å². The summed E-state index contributed by atoms with van der Waals surface area (Å²) in [5, 5.41) is 1.90. The fourth-order valence-corrected chi connectivity index (χ4v) is 3.05. The number of rotatable bonds is 4. The molecule has 2 rings (SSSR count). The Bertz CT molecular complexity index is 346. The summed E-state index contributed by atoms with van der Waals surface area (Å²) in [5.41, 5.74) is 1.19. The summed E-state index contributed by atoms with van der Waals surface area (Å²) in [6.07, 6.45) is 6.13. The normalized spacial score (nSPS) is 21.5. The van der Waals surface area contributed by atoms with Crippen molar-refractivity contribution in [2.75, 3.05) is 18.4 Å². The summed E-state index contributed by atoms with van der Waals surface area (Å²) in [6, 6.07) is 2.01. The predicted octanol–water partition coefficient (Wildman–Crippen LogP) is 3.34. The molecular weight excluding hydrogens is 288 g/mol. The van der Waals surface area contributed by atoms with Gasteiger partial charge in [0, 0.05) is 30.8 Å². The second-order valence-electron chi connectivity index (χ2n) is 4.33. The van der Waals surface area contributed by atoms with Crippen molar-refractivity contribution in [2.24, 2.45) is 5.92 Å². The third-order valence-electron chi connectivity index (χ3n) is 3.14. The monoisotopic (exact) mass is 302 g/mol. The lowest BCUT2D eigenvalue weighted by atomic mass is 10.1. The van der Waals surface area contributed by atoms with Crippen molar-refractivity contribution in [2.45, 2.75) is 19.4 Å². The first-order valence-corrected chi connectivity index (χ1v) is 7.16. The Morgan fingerprint density at radius 1 is 1.56 bits per heavy atom. The average Bonchev–Trinajstić information content (AvgIpc) is 2.70. The molecule has 0 N–H and O–H groups in total. The zero-order chi connectivity index (χ0) is 11.4. The molecule has 0 saturated carbocycles. The third kappa shape index (κ3) is 3.19. The van der Waals surface area contributed by atoms with E-state index in [2.05, 4.69) is 25.8 Å². The summed E-state index contributed by atoms with van der Waals surface area (Å²) in [5.74, 6) is 0.847. The molecule has 1 saturated heterocycles. The summed E-state index contributed by atoms with van der Waals surface area (Å²) < 4.78 is 0. The van der Waals surface area contributed by atoms with E-state index in [0.717, 1.165) is 22.8 Å². The molecule has 1 fully saturated rings. The molecule has 1 unspecified atom stereocenters. The van der Waals surface area contributed by atoms with Gasteiger partial charge in [-0.2, -0.15) is 0 Å². The Morgan fingerprint density at radius 2 is 2.44 bits per heavy atom. The van der Waals surface area contributed by atoms with Crippen LogP contribution in [0.15, 0.2) is 18.5 Å². The first kappa shape index (κ1) is 12.3. The van der Waals surface area contributed by atoms with Gasteiger partial charge in [-0.3, -0.25) is 9.88 Å². The molecule has 1 atom stereocenters. The fourth-order valence-electron chi connectivity index (χ4n) is 2.22. The molecule has 16 heavy (non-hydrogen) atoms. The Morgan fingerprint density at radius 3 is 3.19 bits per heavy atom. The highest BCUT2D eigenvalue weighted by Gasteiger charge is 2.22. The van der Waals surface area contributed by atoms with Crippen molar-refractivity contribution in [3.8, 4) is 0 Å². The van der Waals surface area contributed by atoms with E-state index in [1.165, 1.54) is 31.5 Å². The zero-order valence-electron chi connectivity index (χ0n) is 9.20. The third-order valence-corrected chi connectivity index (χ3v) is 3.94. The molecular formula is C12H16BrClN2. The average molecular weight is 304 g/mol. The van der Waals surface area contributed by atoms with E-state index in [1.807, 2.05) is 12.3 Å². The van der Waals surface area contributed by atoms with Crippen LogP contribution in [-0.4, -0.2) is 28.3 Å². The molecule has 0 bridgehead atoms. The number of halogens is 2. The topological polar surface area (TPSA) is 16.1 Å². The van der Waals surface area contributed by atoms with Crippen molar-refractivity contribution < 1.29 is 0 Å². The van der Waals surface area contributed by atoms with Gasteiger partial charge in [-0.15, -0.1) is 0 Å². The minimum absolute atomic E-state index is 0.784. The van der Waals surface area contributed by atoms with E-state index in [-0.39, 0.29) is 0 Å². The van der Waals surface area contributed by atoms with Gasteiger partial charge in [0.1, 0.15) is 0 Å². The van der Waals surface area contributed by atoms with Crippen LogP contribution in [0.1, 0.15) is 18.4 Å². The summed E-state index contributed by atoms with van der Waals surface area (Å²) in [7, 11) is 0. The van der Waals surface area contributed by atoms with Gasteiger partial charge >= 0.3 is 0 Å². The van der Waals surface area contributed by atoms with Gasteiger partial charge < -0.3 is 0 Å². The Balaban J connectivity index is 1.90. The molecule has 1 aliphatic heterocycles. The van der Waals surface area contributed by atoms with Gasteiger partial charge in [-0.1, -0.05) is 27.5 Å². The van der Waals surface area contributed by atoms with Crippen LogP contribution >= 0.6 is 27.5 Å². The minimum Gasteiger partial charge on any atom is -0.299 e. The molecule has 4 heteroatoms. The van der Waals surface area contributed by atoms with Crippen LogP contribution in [0.25, 0.3) is 0 Å². The highest BCUT2D eigenvalue weighted by atomic mass is 79.9. The molecule has 1 aliphatic rings. The van der Waals surface area contributed by atoms with Gasteiger partial charge in [-0.05, 0) is 36.9 Å². The van der Waals surface area contributed by atoms with Gasteiger partial charge in [0.2, 0.25) is 0 Å². The maximum Gasteiger partial charge on any atom is 0.0634 e. The maximum atomic E-state index is 6.10. The van der Waals surface area contributed by atoms with Crippen molar-refractivity contribution >= 4 is 27.5 Å². The summed E-state index contributed by atoms with van der Waals surface area (Å²) >= 11 is 9.61. The standard InChI is InChI=1S/C12H16BrClN2/c13-4-1-10-3-6-16(8-10)9-11-2-5-15-7-12(11)14/h2,5,7,10H,1,3-4,6,8-9H2. The Labute approximate surface area is 110 Å². The smallest absolute Gasteiger partial charge is 0.0634 e. The van der Waals surface area contributed by atoms with Crippen molar-refractivity contribution in [3.63, 3.8) is 0 Å². The molecule has 2 nitrogen and oxygen atoms in total. The van der Waals surface area contributed by atoms with Crippen LogP contribution in [0, 0.1) is 5.92 Å². The largest absolute Gasteiger partial charge is 0.299 e. The van der Waals surface area contributed by atoms with E-state index < -0.39 is 0 Å². The summed E-state index contributed by atoms with van der Waals surface area (Å²) in [4.78, 5) is 6.49. The number of likely N-dealkylation sites (tertiary alicyclic amines) is 1. The number of pyridine rings is 1. The van der Waals surface area contributed by atoms with Gasteiger partial charge in [-0.25, -0.2) is 0 Å². The number of nitrogens with zero attached hydrogens (tertiary/aromatic N) is 2. The van der Waals surface area contributed by atoms with Crippen molar-refractivity contribution in [1.29, 1.82) is 0 Å². The molecule has 1 aromatic heterocycles. The first-order valence-electron chi connectivity index (χ1n) is 5.66. The number of alkyl halides is 1. The van der Waals surface area contributed by atoms with E-state index in [0.29, 0.717) is 0 Å². The van der Waals surface area contributed by atoms with Crippen LogP contribution in [-0.2, 0) is 6.54 Å². The predicted molar refractivity (Wildman–Crippen MR) is 71.0 cm³/mol. The molecule has 0 aromatic carbocycles. The van der Waals surface area contributed by atoms with Gasteiger partial charge in [0.25, 0.3) is 0 Å². The van der Waals surface area contributed by atoms with Gasteiger partial charge in [0.05, 0.1) is 5.02 Å². The van der Waals surface area contributed by atoms with Crippen LogP contribution in [0.3, 0.4) is 0 Å². The zero-order valence-corrected chi connectivity index (χ0v) is 11.5. The van der Waals surface area contributed by atoms with Gasteiger partial charge in [0.15, 0.2) is 0 Å². The molecule has 88 valence electrons. The number of aromatic nitrogens is 1. The van der Waals surface area contributed by atoms with Crippen LogP contribution in [0.5, 0.6) is 0 Å². The van der Waals surface area contributed by atoms with E-state index in [1.54, 1.807) is 6.20 Å². The van der Waals surface area contributed by atoms with E-state index >= 15 is 0 Å². The molecule has 0 amide bonds. The Kier molecular flexibility index (Phi) is 4.62. The first-order chi connectivity index (χ1) is 7.79. The number of hydrogen-bond acceptors (Lipinski definition) is 2. The molecule has 0 radical (unpaired) electrons. The highest BCUT2D eigenvalue weighted by Crippen LogP contribution is 2.23. The van der Waals surface area contributed by atoms with E-state index in [4.69, 9.17) is 11.6 Å². The van der Waals surface area contributed by atoms with Crippen molar-refractivity contribution in [1.82, 2.24) is 9.88 Å². The minimum atomic E-state index is 0.784. The summed E-state index contributed by atoms with van der Waals surface area (Å²) in [6.45, 7) is 3.35. The Hall–Kier alpha value is -0.120. The van der Waals surface area contributed by atoms with Crippen LogP contribution in [0.4, 0.5) is 0 Å². The molecule has 2 heterocycles. The van der Waals surface area contributed by atoms with Crippen LogP contribution in [0.2, 0.25) is 5.02 Å². The lowest BCUT2D eigenvalue weighted by Gasteiger charge is -2.16. The number of hydrogen-bond donors (Lipinski definition) is 0. The SMILES string of the molecule is Clc1cnccc1CN1CCC(CCBr)C1. The second-order valence-corrected chi connectivity index (χ2v) is 5.53. The second kappa shape index (κ2) is 5.99. The maximum absolute atomic E-state index is 6.10. The lowest BCUT2D eigenvalue weighted by Crippen LogP contribution is -2.20. The highest BCUT2D eigenvalue weighted by molar-refractivity contribution is 9.09. The van der Waals surface area contributed by atoms with E-state index in [9.17, 15) is 0 Å². The lowest BCUT2D eigenvalue weighted by molar-refractivity contribution is 0.315. The molecule has 0 spiro atoms. The van der Waals surface area contributed by atoms with Crippen molar-refractivity contribution in [3.05, 3.63) is 29.0 Å². The quantitative estimate of drug-likeness (QED) is 0.793. The fraction of sp³-hybridized carbons (Fsp3) is 0.583. The molecule has 1 aromatic rings.